The summed E-state index contributed by atoms with van der Waals surface area (Å²) in [5.74, 6) is -0.844. The zero-order valence-electron chi connectivity index (χ0n) is 17.0. The van der Waals surface area contributed by atoms with E-state index in [0.717, 1.165) is 16.5 Å². The maximum atomic E-state index is 13.3. The zero-order chi connectivity index (χ0) is 22.7. The normalized spacial score (nSPS) is 13.7. The average molecular weight is 435 g/mol. The molecule has 1 aliphatic rings. The van der Waals surface area contributed by atoms with Crippen molar-refractivity contribution >= 4 is 11.6 Å². The van der Waals surface area contributed by atoms with Gasteiger partial charge in [0.2, 0.25) is 5.91 Å². The highest BCUT2D eigenvalue weighted by Gasteiger charge is 2.23. The van der Waals surface area contributed by atoms with Crippen LogP contribution in [-0.2, 0) is 11.3 Å². The van der Waals surface area contributed by atoms with E-state index in [9.17, 15) is 23.6 Å². The molecule has 2 aromatic carbocycles. The first-order valence-corrected chi connectivity index (χ1v) is 10.0. The highest BCUT2D eigenvalue weighted by molar-refractivity contribution is 5.77. The molecule has 1 saturated heterocycles. The van der Waals surface area contributed by atoms with E-state index in [4.69, 9.17) is 0 Å². The van der Waals surface area contributed by atoms with E-state index in [0.29, 0.717) is 31.7 Å². The van der Waals surface area contributed by atoms with Crippen LogP contribution in [0, 0.1) is 23.0 Å². The van der Waals surface area contributed by atoms with Gasteiger partial charge in [-0.15, -0.1) is 0 Å². The van der Waals surface area contributed by atoms with Gasteiger partial charge >= 0.3 is 0 Å². The van der Waals surface area contributed by atoms with E-state index in [1.807, 2.05) is 0 Å². The third kappa shape index (κ3) is 4.34. The molecule has 3 aromatic rings. The number of benzene rings is 2. The molecule has 0 radical (unpaired) electrons. The highest BCUT2D eigenvalue weighted by atomic mass is 19.1. The molecule has 0 bridgehead atoms. The Morgan fingerprint density at radius 2 is 1.56 bits per heavy atom. The van der Waals surface area contributed by atoms with E-state index >= 15 is 0 Å². The lowest BCUT2D eigenvalue weighted by Crippen LogP contribution is -2.50. The number of nitriles is 1. The molecule has 0 atom stereocenters. The fraction of sp³-hybridized carbons (Fsp3) is 0.217. The fourth-order valence-corrected chi connectivity index (χ4v) is 3.65. The molecule has 0 aliphatic carbocycles. The quantitative estimate of drug-likeness (QED) is 0.629. The van der Waals surface area contributed by atoms with Crippen molar-refractivity contribution < 1.29 is 13.6 Å². The van der Waals surface area contributed by atoms with Crippen LogP contribution in [0.25, 0.3) is 11.4 Å². The Labute approximate surface area is 182 Å². The summed E-state index contributed by atoms with van der Waals surface area (Å²) in [5.41, 5.74) is 0.533. The third-order valence-corrected chi connectivity index (χ3v) is 5.39. The molecule has 1 aromatic heterocycles. The Bertz CT molecular complexity index is 1230. The van der Waals surface area contributed by atoms with Crippen LogP contribution in [0.3, 0.4) is 0 Å². The molecule has 2 heterocycles. The van der Waals surface area contributed by atoms with Crippen LogP contribution in [0.4, 0.5) is 14.5 Å². The minimum atomic E-state index is -0.625. The van der Waals surface area contributed by atoms with E-state index in [2.05, 4.69) is 9.88 Å². The average Bonchev–Trinajstić information content (AvgIpc) is 2.81. The highest BCUT2D eigenvalue weighted by Crippen LogP contribution is 2.19. The second-order valence-electron chi connectivity index (χ2n) is 7.35. The van der Waals surface area contributed by atoms with Crippen LogP contribution in [0.15, 0.2) is 59.5 Å². The molecule has 32 heavy (non-hydrogen) atoms. The lowest BCUT2D eigenvalue weighted by molar-refractivity contribution is -0.132. The number of rotatable bonds is 4. The summed E-state index contributed by atoms with van der Waals surface area (Å²) in [6.07, 6.45) is 1.16. The molecular weight excluding hydrogens is 416 g/mol. The zero-order valence-corrected chi connectivity index (χ0v) is 17.0. The number of hydrogen-bond donors (Lipinski definition) is 0. The smallest absolute Gasteiger partial charge is 0.272 e. The molecule has 7 nitrogen and oxygen atoms in total. The molecule has 0 saturated carbocycles. The number of aromatic nitrogens is 2. The number of hydrogen-bond acceptors (Lipinski definition) is 5. The van der Waals surface area contributed by atoms with Gasteiger partial charge in [-0.2, -0.15) is 5.26 Å². The lowest BCUT2D eigenvalue weighted by Gasteiger charge is -2.36. The molecule has 1 amide bonds. The van der Waals surface area contributed by atoms with Crippen LogP contribution >= 0.6 is 0 Å². The molecule has 0 spiro atoms. The molecule has 1 aliphatic heterocycles. The number of carbonyl (C=O) groups excluding carboxylic acids is 1. The molecule has 1 fully saturated rings. The fourth-order valence-electron chi connectivity index (χ4n) is 3.65. The molecule has 162 valence electrons. The summed E-state index contributed by atoms with van der Waals surface area (Å²) in [5, 5.41) is 9.20. The monoisotopic (exact) mass is 435 g/mol. The predicted octanol–water partition coefficient (Wildman–Crippen LogP) is 2.41. The Kier molecular flexibility index (Phi) is 5.94. The standard InChI is InChI=1S/C23H19F2N5O2/c24-18-3-1-16(2-4-18)22-27-14-17(13-26)23(32)30(22)15-21(31)29-11-9-28(10-12-29)20-7-5-19(25)6-8-20/h1-8,14H,9-12,15H2. The van der Waals surface area contributed by atoms with Crippen LogP contribution < -0.4 is 10.5 Å². The van der Waals surface area contributed by atoms with E-state index in [1.54, 1.807) is 23.1 Å². The van der Waals surface area contributed by atoms with Crippen molar-refractivity contribution in [2.24, 2.45) is 0 Å². The minimum absolute atomic E-state index is 0.176. The molecule has 0 unspecified atom stereocenters. The lowest BCUT2D eigenvalue weighted by atomic mass is 10.2. The summed E-state index contributed by atoms with van der Waals surface area (Å²) in [4.78, 5) is 33.6. The Balaban J connectivity index is 1.53. The third-order valence-electron chi connectivity index (χ3n) is 5.39. The largest absolute Gasteiger partial charge is 0.368 e. The molecular formula is C23H19F2N5O2. The van der Waals surface area contributed by atoms with Gasteiger partial charge in [-0.1, -0.05) is 0 Å². The minimum Gasteiger partial charge on any atom is -0.368 e. The van der Waals surface area contributed by atoms with E-state index in [1.165, 1.54) is 36.4 Å². The van der Waals surface area contributed by atoms with Crippen LogP contribution in [0.5, 0.6) is 0 Å². The van der Waals surface area contributed by atoms with Crippen molar-refractivity contribution in [3.63, 3.8) is 0 Å². The van der Waals surface area contributed by atoms with Crippen molar-refractivity contribution in [3.05, 3.63) is 82.3 Å². The predicted molar refractivity (Wildman–Crippen MR) is 114 cm³/mol. The van der Waals surface area contributed by atoms with Crippen molar-refractivity contribution in [1.29, 1.82) is 5.26 Å². The van der Waals surface area contributed by atoms with E-state index < -0.39 is 11.4 Å². The van der Waals surface area contributed by atoms with Crippen molar-refractivity contribution in [3.8, 4) is 17.5 Å². The summed E-state index contributed by atoms with van der Waals surface area (Å²) >= 11 is 0. The topological polar surface area (TPSA) is 82.2 Å². The van der Waals surface area contributed by atoms with Gasteiger partial charge < -0.3 is 9.80 Å². The number of nitrogens with zero attached hydrogens (tertiary/aromatic N) is 5. The number of carbonyl (C=O) groups is 1. The number of anilines is 1. The Hall–Kier alpha value is -4.06. The van der Waals surface area contributed by atoms with Gasteiger partial charge in [0.25, 0.3) is 5.56 Å². The van der Waals surface area contributed by atoms with Gasteiger partial charge in [0.1, 0.15) is 35.6 Å². The second kappa shape index (κ2) is 8.98. The van der Waals surface area contributed by atoms with Crippen LogP contribution in [0.2, 0.25) is 0 Å². The SMILES string of the molecule is N#Cc1cnc(-c2ccc(F)cc2)n(CC(=O)N2CCN(c3ccc(F)cc3)CC2)c1=O. The maximum absolute atomic E-state index is 13.3. The van der Waals surface area contributed by atoms with Gasteiger partial charge in [-0.3, -0.25) is 14.2 Å². The number of amides is 1. The Morgan fingerprint density at radius 3 is 2.16 bits per heavy atom. The Morgan fingerprint density at radius 1 is 0.969 bits per heavy atom. The molecule has 4 rings (SSSR count). The maximum Gasteiger partial charge on any atom is 0.272 e. The molecule has 0 N–H and O–H groups in total. The van der Waals surface area contributed by atoms with Gasteiger partial charge in [0.15, 0.2) is 0 Å². The summed E-state index contributed by atoms with van der Waals surface area (Å²) < 4.78 is 27.6. The van der Waals surface area contributed by atoms with Gasteiger partial charge in [0.05, 0.1) is 6.20 Å². The van der Waals surface area contributed by atoms with E-state index in [-0.39, 0.29) is 29.7 Å². The number of halogens is 2. The van der Waals surface area contributed by atoms with Crippen molar-refractivity contribution in [1.82, 2.24) is 14.5 Å². The summed E-state index contributed by atoms with van der Waals surface area (Å²) in [6.45, 7) is 1.70. The van der Waals surface area contributed by atoms with Gasteiger partial charge in [-0.05, 0) is 48.5 Å². The summed E-state index contributed by atoms with van der Waals surface area (Å²) in [7, 11) is 0. The van der Waals surface area contributed by atoms with Crippen molar-refractivity contribution in [2.75, 3.05) is 31.1 Å². The van der Waals surface area contributed by atoms with Gasteiger partial charge in [-0.25, -0.2) is 13.8 Å². The van der Waals surface area contributed by atoms with Crippen LogP contribution in [0.1, 0.15) is 5.56 Å². The van der Waals surface area contributed by atoms with Gasteiger partial charge in [0, 0.05) is 37.4 Å². The van der Waals surface area contributed by atoms with Crippen LogP contribution in [-0.4, -0.2) is 46.5 Å². The first kappa shape index (κ1) is 21.2. The number of piperazine rings is 1. The summed E-state index contributed by atoms with van der Waals surface area (Å²) in [6, 6.07) is 13.4. The second-order valence-corrected chi connectivity index (χ2v) is 7.35. The van der Waals surface area contributed by atoms with Crippen molar-refractivity contribution in [2.45, 2.75) is 6.54 Å². The first-order valence-electron chi connectivity index (χ1n) is 10.0. The first-order chi connectivity index (χ1) is 15.5. The molecule has 9 heteroatoms.